The fraction of sp³-hybridized carbons (Fsp3) is 0.385. The van der Waals surface area contributed by atoms with E-state index in [1.807, 2.05) is 24.3 Å². The molecule has 0 saturated heterocycles. The summed E-state index contributed by atoms with van der Waals surface area (Å²) in [5.41, 5.74) is 0.846. The molecular weight excluding hydrogens is 280 g/mol. The fourth-order valence-electron chi connectivity index (χ4n) is 1.81. The zero-order valence-corrected chi connectivity index (χ0v) is 11.1. The van der Waals surface area contributed by atoms with Gasteiger partial charge < -0.3 is 4.90 Å². The number of benzene rings is 1. The average molecular weight is 293 g/mol. The highest BCUT2D eigenvalue weighted by molar-refractivity contribution is 9.10. The maximum Gasteiger partial charge on any atom is 0.226 e. The van der Waals surface area contributed by atoms with Crippen LogP contribution in [0.2, 0.25) is 0 Å². The standard InChI is InChI=1S/C13H13BrN2O/c1-16(13(17)9-5-6-9)12(8-15)10-3-2-4-11(14)7-10/h2-4,7,9,12H,5-6H2,1H3. The molecule has 0 N–H and O–H groups in total. The molecule has 0 radical (unpaired) electrons. The highest BCUT2D eigenvalue weighted by Gasteiger charge is 2.35. The van der Waals surface area contributed by atoms with Crippen LogP contribution in [0.5, 0.6) is 0 Å². The molecule has 88 valence electrons. The molecule has 1 atom stereocenters. The Morgan fingerprint density at radius 3 is 2.82 bits per heavy atom. The van der Waals surface area contributed by atoms with Gasteiger partial charge >= 0.3 is 0 Å². The van der Waals surface area contributed by atoms with Gasteiger partial charge in [0.05, 0.1) is 6.07 Å². The Morgan fingerprint density at radius 2 is 2.29 bits per heavy atom. The molecule has 2 rings (SSSR count). The normalized spacial score (nSPS) is 16.1. The Hall–Kier alpha value is -1.34. The minimum atomic E-state index is -0.499. The van der Waals surface area contributed by atoms with Gasteiger partial charge in [0.15, 0.2) is 0 Å². The summed E-state index contributed by atoms with van der Waals surface area (Å²) in [6.45, 7) is 0. The van der Waals surface area contributed by atoms with Crippen LogP contribution in [-0.4, -0.2) is 17.9 Å². The zero-order valence-electron chi connectivity index (χ0n) is 9.56. The van der Waals surface area contributed by atoms with Gasteiger partial charge in [-0.2, -0.15) is 5.26 Å². The lowest BCUT2D eigenvalue weighted by Crippen LogP contribution is -2.31. The molecule has 1 unspecified atom stereocenters. The Morgan fingerprint density at radius 1 is 1.59 bits per heavy atom. The predicted octanol–water partition coefficient (Wildman–Crippen LogP) is 2.88. The second kappa shape index (κ2) is 4.89. The summed E-state index contributed by atoms with van der Waals surface area (Å²) in [6.07, 6.45) is 1.92. The summed E-state index contributed by atoms with van der Waals surface area (Å²) >= 11 is 3.37. The van der Waals surface area contributed by atoms with Gasteiger partial charge in [-0.3, -0.25) is 4.79 Å². The van der Waals surface area contributed by atoms with Crippen LogP contribution in [0.25, 0.3) is 0 Å². The van der Waals surface area contributed by atoms with E-state index in [0.717, 1.165) is 22.9 Å². The lowest BCUT2D eigenvalue weighted by molar-refractivity contribution is -0.132. The number of halogens is 1. The summed E-state index contributed by atoms with van der Waals surface area (Å²) in [5.74, 6) is 0.222. The molecule has 1 aromatic rings. The third kappa shape index (κ3) is 2.67. The third-order valence-corrected chi connectivity index (χ3v) is 3.44. The first-order valence-electron chi connectivity index (χ1n) is 5.55. The second-order valence-electron chi connectivity index (χ2n) is 4.31. The molecule has 1 fully saturated rings. The van der Waals surface area contributed by atoms with E-state index < -0.39 is 6.04 Å². The quantitative estimate of drug-likeness (QED) is 0.860. The monoisotopic (exact) mass is 292 g/mol. The molecule has 1 aliphatic rings. The van der Waals surface area contributed by atoms with E-state index in [9.17, 15) is 10.1 Å². The highest BCUT2D eigenvalue weighted by atomic mass is 79.9. The molecule has 0 bridgehead atoms. The van der Waals surface area contributed by atoms with Gasteiger partial charge in [0.25, 0.3) is 0 Å². The average Bonchev–Trinajstić information content (AvgIpc) is 3.13. The summed E-state index contributed by atoms with van der Waals surface area (Å²) in [4.78, 5) is 13.5. The summed E-state index contributed by atoms with van der Waals surface area (Å²) < 4.78 is 0.919. The Kier molecular flexibility index (Phi) is 3.49. The number of carbonyl (C=O) groups is 1. The van der Waals surface area contributed by atoms with Crippen molar-refractivity contribution in [2.45, 2.75) is 18.9 Å². The molecule has 0 spiro atoms. The van der Waals surface area contributed by atoms with Crippen LogP contribution in [-0.2, 0) is 4.79 Å². The molecule has 1 aromatic carbocycles. The number of hydrogen-bond acceptors (Lipinski definition) is 2. The van der Waals surface area contributed by atoms with Crippen LogP contribution in [0.4, 0.5) is 0 Å². The van der Waals surface area contributed by atoms with Crippen LogP contribution in [0.3, 0.4) is 0 Å². The van der Waals surface area contributed by atoms with Gasteiger partial charge in [-0.05, 0) is 30.5 Å². The molecule has 0 aromatic heterocycles. The zero-order chi connectivity index (χ0) is 12.4. The van der Waals surface area contributed by atoms with Crippen molar-refractivity contribution in [1.29, 1.82) is 5.26 Å². The SMILES string of the molecule is CN(C(=O)C1CC1)C(C#N)c1cccc(Br)c1. The van der Waals surface area contributed by atoms with Crippen LogP contribution in [0.1, 0.15) is 24.4 Å². The molecule has 17 heavy (non-hydrogen) atoms. The number of nitrogens with zero attached hydrogens (tertiary/aromatic N) is 2. The largest absolute Gasteiger partial charge is 0.326 e. The van der Waals surface area contributed by atoms with Crippen molar-refractivity contribution < 1.29 is 4.79 Å². The smallest absolute Gasteiger partial charge is 0.226 e. The van der Waals surface area contributed by atoms with Crippen molar-refractivity contribution >= 4 is 21.8 Å². The number of carbonyl (C=O) groups excluding carboxylic acids is 1. The lowest BCUT2D eigenvalue weighted by atomic mass is 10.1. The van der Waals surface area contributed by atoms with Crippen molar-refractivity contribution in [3.05, 3.63) is 34.3 Å². The number of hydrogen-bond donors (Lipinski definition) is 0. The summed E-state index contributed by atoms with van der Waals surface area (Å²) in [7, 11) is 1.70. The first-order valence-corrected chi connectivity index (χ1v) is 6.34. The Balaban J connectivity index is 2.21. The van der Waals surface area contributed by atoms with Gasteiger partial charge in [0, 0.05) is 17.4 Å². The molecule has 0 heterocycles. The predicted molar refractivity (Wildman–Crippen MR) is 68.0 cm³/mol. The fourth-order valence-corrected chi connectivity index (χ4v) is 2.22. The minimum absolute atomic E-state index is 0.0801. The minimum Gasteiger partial charge on any atom is -0.326 e. The van der Waals surface area contributed by atoms with E-state index >= 15 is 0 Å². The van der Waals surface area contributed by atoms with Crippen LogP contribution < -0.4 is 0 Å². The van der Waals surface area contributed by atoms with Crippen LogP contribution in [0.15, 0.2) is 28.7 Å². The van der Waals surface area contributed by atoms with Crippen molar-refractivity contribution in [3.63, 3.8) is 0 Å². The summed E-state index contributed by atoms with van der Waals surface area (Å²) in [5, 5.41) is 9.23. The van der Waals surface area contributed by atoms with E-state index in [2.05, 4.69) is 22.0 Å². The number of nitriles is 1. The molecule has 1 saturated carbocycles. The maximum absolute atomic E-state index is 11.9. The van der Waals surface area contributed by atoms with Gasteiger partial charge in [-0.15, -0.1) is 0 Å². The molecular formula is C13H13BrN2O. The van der Waals surface area contributed by atoms with Crippen molar-refractivity contribution in [2.75, 3.05) is 7.05 Å². The molecule has 0 aliphatic heterocycles. The number of rotatable bonds is 3. The van der Waals surface area contributed by atoms with E-state index in [4.69, 9.17) is 0 Å². The van der Waals surface area contributed by atoms with Crippen molar-refractivity contribution in [1.82, 2.24) is 4.90 Å². The second-order valence-corrected chi connectivity index (χ2v) is 5.23. The summed E-state index contributed by atoms with van der Waals surface area (Å²) in [6, 6.07) is 9.22. The van der Waals surface area contributed by atoms with Gasteiger partial charge in [-0.1, -0.05) is 28.1 Å². The maximum atomic E-state index is 11.9. The first kappa shape index (κ1) is 12.1. The highest BCUT2D eigenvalue weighted by Crippen LogP contribution is 2.33. The van der Waals surface area contributed by atoms with Crippen LogP contribution >= 0.6 is 15.9 Å². The van der Waals surface area contributed by atoms with Gasteiger partial charge in [-0.25, -0.2) is 0 Å². The molecule has 4 heteroatoms. The molecule has 3 nitrogen and oxygen atoms in total. The first-order chi connectivity index (χ1) is 8.13. The Labute approximate surface area is 109 Å². The van der Waals surface area contributed by atoms with Crippen LogP contribution in [0, 0.1) is 17.2 Å². The molecule has 1 amide bonds. The molecule has 1 aliphatic carbocycles. The Bertz CT molecular complexity index is 477. The van der Waals surface area contributed by atoms with E-state index in [1.54, 1.807) is 11.9 Å². The number of amides is 1. The van der Waals surface area contributed by atoms with Gasteiger partial charge in [0.1, 0.15) is 6.04 Å². The van der Waals surface area contributed by atoms with Crippen molar-refractivity contribution in [2.24, 2.45) is 5.92 Å². The van der Waals surface area contributed by atoms with E-state index in [0.29, 0.717) is 0 Å². The van der Waals surface area contributed by atoms with Crippen molar-refractivity contribution in [3.8, 4) is 6.07 Å². The van der Waals surface area contributed by atoms with Gasteiger partial charge in [0.2, 0.25) is 5.91 Å². The third-order valence-electron chi connectivity index (χ3n) is 2.95. The lowest BCUT2D eigenvalue weighted by Gasteiger charge is -2.23. The van der Waals surface area contributed by atoms with E-state index in [1.165, 1.54) is 0 Å². The topological polar surface area (TPSA) is 44.1 Å². The van der Waals surface area contributed by atoms with E-state index in [-0.39, 0.29) is 11.8 Å².